The molecule has 3 aliphatic rings. The van der Waals surface area contributed by atoms with Crippen molar-refractivity contribution in [2.24, 2.45) is 13.0 Å². The maximum absolute atomic E-state index is 15.3. The maximum atomic E-state index is 15.3. The summed E-state index contributed by atoms with van der Waals surface area (Å²) in [5.74, 6) is -1.70. The molecule has 1 aromatic carbocycles. The number of rotatable bonds is 5. The van der Waals surface area contributed by atoms with E-state index in [-0.39, 0.29) is 17.5 Å². The molecular weight excluding hydrogens is 477 g/mol. The quantitative estimate of drug-likeness (QED) is 0.567. The summed E-state index contributed by atoms with van der Waals surface area (Å²) in [5.41, 5.74) is 0.646. The second kappa shape index (κ2) is 10.6. The minimum absolute atomic E-state index is 0.0150. The summed E-state index contributed by atoms with van der Waals surface area (Å²) in [4.78, 5) is 39.5. The molecule has 1 aromatic heterocycles. The fraction of sp³-hybridized carbons (Fsp3) is 0.556. The van der Waals surface area contributed by atoms with Crippen molar-refractivity contribution in [2.45, 2.75) is 69.2 Å². The van der Waals surface area contributed by atoms with E-state index in [1.54, 1.807) is 13.1 Å². The summed E-state index contributed by atoms with van der Waals surface area (Å²) in [5, 5.41) is 12.5. The highest BCUT2D eigenvalue weighted by molar-refractivity contribution is 6.07. The van der Waals surface area contributed by atoms with Gasteiger partial charge in [-0.05, 0) is 55.4 Å². The van der Waals surface area contributed by atoms with Crippen LogP contribution in [0.2, 0.25) is 0 Å². The van der Waals surface area contributed by atoms with Gasteiger partial charge in [-0.15, -0.1) is 0 Å². The van der Waals surface area contributed by atoms with Crippen molar-refractivity contribution in [3.63, 3.8) is 0 Å². The fourth-order valence-corrected chi connectivity index (χ4v) is 5.99. The van der Waals surface area contributed by atoms with Gasteiger partial charge in [0.2, 0.25) is 11.8 Å². The van der Waals surface area contributed by atoms with E-state index < -0.39 is 29.1 Å². The molecule has 1 spiro atoms. The number of carbonyl (C=O) groups is 3. The number of ether oxygens (including phenoxy) is 1. The largest absolute Gasteiger partial charge is 0.381 e. The molecule has 0 radical (unpaired) electrons. The molecule has 37 heavy (non-hydrogen) atoms. The molecule has 0 bridgehead atoms. The van der Waals surface area contributed by atoms with Crippen molar-refractivity contribution in [1.29, 1.82) is 0 Å². The number of anilines is 2. The van der Waals surface area contributed by atoms with E-state index in [1.165, 1.54) is 29.4 Å². The average molecular weight is 512 g/mol. The Morgan fingerprint density at radius 2 is 1.86 bits per heavy atom. The van der Waals surface area contributed by atoms with E-state index >= 15 is 4.39 Å². The molecule has 3 heterocycles. The third kappa shape index (κ3) is 4.99. The number of nitrogens with zero attached hydrogens (tertiary/aromatic N) is 2. The lowest BCUT2D eigenvalue weighted by atomic mass is 9.75. The zero-order valence-electron chi connectivity index (χ0n) is 21.1. The van der Waals surface area contributed by atoms with Crippen LogP contribution >= 0.6 is 0 Å². The highest BCUT2D eigenvalue weighted by atomic mass is 19.1. The molecule has 1 atom stereocenters. The Morgan fingerprint density at radius 1 is 1.16 bits per heavy atom. The van der Waals surface area contributed by atoms with Crippen LogP contribution in [0.5, 0.6) is 0 Å². The zero-order chi connectivity index (χ0) is 26.0. The van der Waals surface area contributed by atoms with E-state index in [0.717, 1.165) is 38.5 Å². The smallest absolute Gasteiger partial charge is 0.270 e. The zero-order valence-corrected chi connectivity index (χ0v) is 21.1. The lowest BCUT2D eigenvalue weighted by Crippen LogP contribution is -2.49. The van der Waals surface area contributed by atoms with Gasteiger partial charge in [-0.25, -0.2) is 4.39 Å². The van der Waals surface area contributed by atoms with Crippen LogP contribution in [0.25, 0.3) is 0 Å². The first kappa shape index (κ1) is 25.4. The summed E-state index contributed by atoms with van der Waals surface area (Å²) in [7, 11) is 1.67. The number of halogens is 1. The Hall–Kier alpha value is -3.27. The number of hydrogen-bond donors (Lipinski definition) is 3. The summed E-state index contributed by atoms with van der Waals surface area (Å²) in [6.45, 7) is 0.874. The van der Waals surface area contributed by atoms with Gasteiger partial charge in [0.15, 0.2) is 0 Å². The van der Waals surface area contributed by atoms with Gasteiger partial charge in [0.25, 0.3) is 5.91 Å². The molecule has 1 unspecified atom stereocenters. The summed E-state index contributed by atoms with van der Waals surface area (Å²) >= 11 is 0. The Balaban J connectivity index is 1.40. The molecule has 9 nitrogen and oxygen atoms in total. The second-order valence-electron chi connectivity index (χ2n) is 10.4. The first-order valence-electron chi connectivity index (χ1n) is 13.2. The lowest BCUT2D eigenvalue weighted by molar-refractivity contribution is -0.124. The molecule has 3 N–H and O–H groups in total. The van der Waals surface area contributed by atoms with Gasteiger partial charge in [-0.1, -0.05) is 32.1 Å². The van der Waals surface area contributed by atoms with Crippen LogP contribution in [0.4, 0.5) is 15.8 Å². The monoisotopic (exact) mass is 511 g/mol. The Kier molecular flexibility index (Phi) is 7.28. The standard InChI is InChI=1S/C27H34FN5O4/c1-33-22(9-12-29-33)24(34)32-23(17-7-5-3-2-4-6-8-17)25(35)30-21-16-20-18(15-19(21)28)27(26(36)31-20)10-13-37-14-11-27/h9,12,15-17,23H,2-8,10-11,13-14H2,1H3,(H,30,35)(H,31,36)(H,32,34). The van der Waals surface area contributed by atoms with Crippen LogP contribution in [0, 0.1) is 11.7 Å². The summed E-state index contributed by atoms with van der Waals surface area (Å²) in [6, 6.07) is 3.61. The van der Waals surface area contributed by atoms with Crippen LogP contribution in [-0.4, -0.2) is 46.8 Å². The molecule has 3 amide bonds. The molecule has 10 heteroatoms. The van der Waals surface area contributed by atoms with Gasteiger partial charge < -0.3 is 20.7 Å². The van der Waals surface area contributed by atoms with E-state index in [2.05, 4.69) is 21.0 Å². The van der Waals surface area contributed by atoms with Gasteiger partial charge in [-0.3, -0.25) is 19.1 Å². The number of amides is 3. The number of nitrogens with one attached hydrogen (secondary N) is 3. The van der Waals surface area contributed by atoms with Gasteiger partial charge in [0.05, 0.1) is 11.1 Å². The van der Waals surface area contributed by atoms with E-state index in [9.17, 15) is 14.4 Å². The number of fused-ring (bicyclic) bond motifs is 2. The fourth-order valence-electron chi connectivity index (χ4n) is 5.99. The Bertz CT molecular complexity index is 1180. The van der Waals surface area contributed by atoms with Gasteiger partial charge in [0.1, 0.15) is 17.6 Å². The van der Waals surface area contributed by atoms with E-state index in [1.807, 2.05) is 0 Å². The average Bonchev–Trinajstić information content (AvgIpc) is 3.40. The topological polar surface area (TPSA) is 114 Å². The predicted molar refractivity (Wildman–Crippen MR) is 136 cm³/mol. The van der Waals surface area contributed by atoms with Crippen LogP contribution in [-0.2, 0) is 26.8 Å². The number of carbonyl (C=O) groups excluding carboxylic acids is 3. The minimum Gasteiger partial charge on any atom is -0.381 e. The van der Waals surface area contributed by atoms with Crippen molar-refractivity contribution in [2.75, 3.05) is 23.8 Å². The molecular formula is C27H34FN5O4. The Morgan fingerprint density at radius 3 is 2.54 bits per heavy atom. The molecule has 1 saturated heterocycles. The van der Waals surface area contributed by atoms with E-state index in [4.69, 9.17) is 4.74 Å². The predicted octanol–water partition coefficient (Wildman–Crippen LogP) is 3.66. The number of aromatic nitrogens is 2. The van der Waals surface area contributed by atoms with Crippen molar-refractivity contribution in [1.82, 2.24) is 15.1 Å². The normalized spacial score (nSPS) is 20.4. The molecule has 2 fully saturated rings. The first-order chi connectivity index (χ1) is 17.9. The van der Waals surface area contributed by atoms with Crippen LogP contribution in [0.3, 0.4) is 0 Å². The minimum atomic E-state index is -0.829. The SMILES string of the molecule is Cn1nccc1C(=O)NC(C(=O)Nc1cc2c(cc1F)C1(CCOCC1)C(=O)N2)C1CCCCCCC1. The number of hydrogen-bond acceptors (Lipinski definition) is 5. The highest BCUT2D eigenvalue weighted by Gasteiger charge is 2.48. The highest BCUT2D eigenvalue weighted by Crippen LogP contribution is 2.46. The van der Waals surface area contributed by atoms with Crippen molar-refractivity contribution in [3.8, 4) is 0 Å². The van der Waals surface area contributed by atoms with Crippen LogP contribution < -0.4 is 16.0 Å². The second-order valence-corrected chi connectivity index (χ2v) is 10.4. The molecule has 1 saturated carbocycles. The summed E-state index contributed by atoms with van der Waals surface area (Å²) < 4.78 is 22.2. The lowest BCUT2D eigenvalue weighted by Gasteiger charge is -2.31. The van der Waals surface area contributed by atoms with Crippen molar-refractivity contribution in [3.05, 3.63) is 41.5 Å². The van der Waals surface area contributed by atoms with Crippen molar-refractivity contribution < 1.29 is 23.5 Å². The van der Waals surface area contributed by atoms with Crippen LogP contribution in [0.1, 0.15) is 73.8 Å². The molecule has 2 aromatic rings. The third-order valence-corrected chi connectivity index (χ3v) is 8.15. The molecule has 2 aliphatic heterocycles. The third-order valence-electron chi connectivity index (χ3n) is 8.15. The number of aryl methyl sites for hydroxylation is 1. The maximum Gasteiger partial charge on any atom is 0.270 e. The van der Waals surface area contributed by atoms with Gasteiger partial charge in [-0.2, -0.15) is 5.10 Å². The van der Waals surface area contributed by atoms with Gasteiger partial charge in [0, 0.05) is 32.1 Å². The Labute approximate surface area is 215 Å². The first-order valence-corrected chi connectivity index (χ1v) is 13.2. The van der Waals surface area contributed by atoms with E-state index in [0.29, 0.717) is 43.0 Å². The van der Waals surface area contributed by atoms with Crippen molar-refractivity contribution >= 4 is 29.1 Å². The molecule has 5 rings (SSSR count). The summed E-state index contributed by atoms with van der Waals surface area (Å²) in [6.07, 6.45) is 9.40. The molecule has 198 valence electrons. The van der Waals surface area contributed by atoms with Gasteiger partial charge >= 0.3 is 0 Å². The number of benzene rings is 1. The molecule has 1 aliphatic carbocycles. The van der Waals surface area contributed by atoms with Crippen LogP contribution in [0.15, 0.2) is 24.4 Å².